The van der Waals surface area contributed by atoms with E-state index in [1.54, 1.807) is 11.1 Å². The van der Waals surface area contributed by atoms with Crippen molar-refractivity contribution >= 4 is 17.6 Å². The number of amides is 2. The average molecular weight is 303 g/mol. The molecule has 1 saturated heterocycles. The van der Waals surface area contributed by atoms with Crippen molar-refractivity contribution in [3.63, 3.8) is 0 Å². The van der Waals surface area contributed by atoms with Crippen LogP contribution in [0.15, 0.2) is 18.3 Å². The molecule has 22 heavy (non-hydrogen) atoms. The number of anilines is 1. The Morgan fingerprint density at radius 2 is 2.05 bits per heavy atom. The van der Waals surface area contributed by atoms with Crippen LogP contribution in [0, 0.1) is 12.8 Å². The Kier molecular flexibility index (Phi) is 3.87. The summed E-state index contributed by atoms with van der Waals surface area (Å²) in [7, 11) is 0. The molecule has 2 N–H and O–H groups in total. The molecular weight excluding hydrogens is 282 g/mol. The molecule has 0 spiro atoms. The smallest absolute Gasteiger partial charge is 0.254 e. The monoisotopic (exact) mass is 303 g/mol. The minimum Gasteiger partial charge on any atom is -0.380 e. The molecule has 118 valence electrons. The number of hydrogen-bond acceptors (Lipinski definition) is 4. The molecule has 6 heteroatoms. The van der Waals surface area contributed by atoms with Crippen molar-refractivity contribution in [1.29, 1.82) is 0 Å². The fourth-order valence-electron chi connectivity index (χ4n) is 2.80. The first-order valence-electron chi connectivity index (χ1n) is 7.73. The number of aryl methyl sites for hydroxylation is 1. The summed E-state index contributed by atoms with van der Waals surface area (Å²) < 4.78 is 0. The number of likely N-dealkylation sites (tertiary alicyclic amines) is 1. The van der Waals surface area contributed by atoms with Crippen LogP contribution >= 0.6 is 0 Å². The highest BCUT2D eigenvalue weighted by molar-refractivity contribution is 5.92. The lowest BCUT2D eigenvalue weighted by molar-refractivity contribution is -0.144. The van der Waals surface area contributed by atoms with Crippen molar-refractivity contribution in [3.05, 3.63) is 23.9 Å². The quantitative estimate of drug-likeness (QED) is 0.876. The van der Waals surface area contributed by atoms with Crippen LogP contribution in [0.1, 0.15) is 31.2 Å². The zero-order chi connectivity index (χ0) is 15.7. The normalized spacial score (nSPS) is 20.5. The zero-order valence-electron chi connectivity index (χ0n) is 12.7. The molecule has 0 atom stereocenters. The van der Waals surface area contributed by atoms with E-state index in [1.165, 1.54) is 0 Å². The Hall–Kier alpha value is -1.95. The third kappa shape index (κ3) is 3.11. The summed E-state index contributed by atoms with van der Waals surface area (Å²) in [6.45, 7) is 3.00. The summed E-state index contributed by atoms with van der Waals surface area (Å²) in [6, 6.07) is 3.71. The second-order valence-corrected chi connectivity index (χ2v) is 6.31. The van der Waals surface area contributed by atoms with Crippen molar-refractivity contribution in [3.8, 4) is 0 Å². The second kappa shape index (κ2) is 5.68. The number of carbonyl (C=O) groups excluding carboxylic acids is 2. The molecule has 2 heterocycles. The van der Waals surface area contributed by atoms with Gasteiger partial charge in [-0.3, -0.25) is 9.59 Å². The van der Waals surface area contributed by atoms with Gasteiger partial charge in [0.1, 0.15) is 11.4 Å². The third-order valence-electron chi connectivity index (χ3n) is 4.44. The molecule has 2 fully saturated rings. The number of nitrogens with one attached hydrogen (secondary N) is 1. The number of aliphatic hydroxyl groups is 1. The minimum absolute atomic E-state index is 0.0460. The van der Waals surface area contributed by atoms with Gasteiger partial charge >= 0.3 is 0 Å². The van der Waals surface area contributed by atoms with E-state index in [0.717, 1.165) is 5.56 Å². The van der Waals surface area contributed by atoms with E-state index in [2.05, 4.69) is 10.3 Å². The summed E-state index contributed by atoms with van der Waals surface area (Å²) in [6.07, 6.45) is 4.04. The summed E-state index contributed by atoms with van der Waals surface area (Å²) >= 11 is 0. The standard InChI is InChI=1S/C16H21N3O3/c1-11-2-7-17-13(10-11)18-14(20)12-3-8-19(9-4-12)15(21)16(22)5-6-16/h2,7,10,12,22H,3-6,8-9H2,1H3,(H,17,18,20). The van der Waals surface area contributed by atoms with E-state index in [-0.39, 0.29) is 17.7 Å². The van der Waals surface area contributed by atoms with Crippen LogP contribution in [0.5, 0.6) is 0 Å². The highest BCUT2D eigenvalue weighted by Gasteiger charge is 2.50. The van der Waals surface area contributed by atoms with E-state index >= 15 is 0 Å². The molecule has 6 nitrogen and oxygen atoms in total. The Bertz CT molecular complexity index is 590. The maximum Gasteiger partial charge on any atom is 0.254 e. The van der Waals surface area contributed by atoms with E-state index < -0.39 is 5.60 Å². The van der Waals surface area contributed by atoms with Gasteiger partial charge in [-0.05, 0) is 50.3 Å². The van der Waals surface area contributed by atoms with Crippen molar-refractivity contribution in [2.75, 3.05) is 18.4 Å². The maximum atomic E-state index is 12.3. The van der Waals surface area contributed by atoms with Gasteiger partial charge in [-0.25, -0.2) is 4.98 Å². The first-order chi connectivity index (χ1) is 10.5. The van der Waals surface area contributed by atoms with Gasteiger partial charge in [0.05, 0.1) is 0 Å². The largest absolute Gasteiger partial charge is 0.380 e. The molecule has 2 aliphatic rings. The zero-order valence-corrected chi connectivity index (χ0v) is 12.7. The molecule has 3 rings (SSSR count). The SMILES string of the molecule is Cc1ccnc(NC(=O)C2CCN(C(=O)C3(O)CC3)CC2)c1. The van der Waals surface area contributed by atoms with E-state index in [1.807, 2.05) is 19.1 Å². The van der Waals surface area contributed by atoms with Gasteiger partial charge in [0.25, 0.3) is 5.91 Å². The van der Waals surface area contributed by atoms with E-state index in [4.69, 9.17) is 0 Å². The van der Waals surface area contributed by atoms with Crippen LogP contribution in [0.3, 0.4) is 0 Å². The Morgan fingerprint density at radius 3 is 2.64 bits per heavy atom. The van der Waals surface area contributed by atoms with Crippen molar-refractivity contribution in [2.45, 2.75) is 38.2 Å². The molecular formula is C16H21N3O3. The lowest BCUT2D eigenvalue weighted by Gasteiger charge is -2.32. The topological polar surface area (TPSA) is 82.5 Å². The molecule has 1 saturated carbocycles. The molecule has 2 amide bonds. The van der Waals surface area contributed by atoms with Crippen LogP contribution in [0.4, 0.5) is 5.82 Å². The van der Waals surface area contributed by atoms with Crippen LogP contribution in [-0.2, 0) is 9.59 Å². The van der Waals surface area contributed by atoms with Gasteiger partial charge in [-0.1, -0.05) is 0 Å². The van der Waals surface area contributed by atoms with Crippen LogP contribution in [0.25, 0.3) is 0 Å². The van der Waals surface area contributed by atoms with Crippen LogP contribution in [0.2, 0.25) is 0 Å². The third-order valence-corrected chi connectivity index (χ3v) is 4.44. The second-order valence-electron chi connectivity index (χ2n) is 6.31. The number of nitrogens with zero attached hydrogens (tertiary/aromatic N) is 2. The molecule has 0 radical (unpaired) electrons. The number of rotatable bonds is 3. The number of aromatic nitrogens is 1. The number of carbonyl (C=O) groups is 2. The van der Waals surface area contributed by atoms with Gasteiger partial charge < -0.3 is 15.3 Å². The summed E-state index contributed by atoms with van der Waals surface area (Å²) in [5, 5.41) is 12.7. The Labute approximate surface area is 129 Å². The lowest BCUT2D eigenvalue weighted by Crippen LogP contribution is -2.46. The predicted octanol–water partition coefficient (Wildman–Crippen LogP) is 1.09. The molecule has 1 aromatic rings. The van der Waals surface area contributed by atoms with Crippen molar-refractivity contribution in [1.82, 2.24) is 9.88 Å². The molecule has 1 aromatic heterocycles. The Balaban J connectivity index is 1.52. The lowest BCUT2D eigenvalue weighted by atomic mass is 9.95. The average Bonchev–Trinajstić information content (AvgIpc) is 3.26. The fraction of sp³-hybridized carbons (Fsp3) is 0.562. The minimum atomic E-state index is -1.11. The molecule has 1 aliphatic carbocycles. The molecule has 1 aliphatic heterocycles. The van der Waals surface area contributed by atoms with Gasteiger partial charge in [0.15, 0.2) is 0 Å². The fourth-order valence-corrected chi connectivity index (χ4v) is 2.80. The van der Waals surface area contributed by atoms with Crippen LogP contribution in [-0.4, -0.2) is 45.5 Å². The summed E-state index contributed by atoms with van der Waals surface area (Å²) in [5.74, 6) is 0.234. The first kappa shape index (κ1) is 15.0. The van der Waals surface area contributed by atoms with Crippen molar-refractivity contribution in [2.24, 2.45) is 5.92 Å². The van der Waals surface area contributed by atoms with Crippen LogP contribution < -0.4 is 5.32 Å². The van der Waals surface area contributed by atoms with Gasteiger partial charge in [0, 0.05) is 25.2 Å². The highest BCUT2D eigenvalue weighted by atomic mass is 16.3. The first-order valence-corrected chi connectivity index (χ1v) is 7.73. The van der Waals surface area contributed by atoms with Gasteiger partial charge in [-0.15, -0.1) is 0 Å². The number of hydrogen-bond donors (Lipinski definition) is 2. The van der Waals surface area contributed by atoms with Gasteiger partial charge in [-0.2, -0.15) is 0 Å². The molecule has 0 bridgehead atoms. The van der Waals surface area contributed by atoms with E-state index in [9.17, 15) is 14.7 Å². The predicted molar refractivity (Wildman–Crippen MR) is 81.1 cm³/mol. The van der Waals surface area contributed by atoms with E-state index in [0.29, 0.717) is 44.6 Å². The highest BCUT2D eigenvalue weighted by Crippen LogP contribution is 2.37. The maximum absolute atomic E-state index is 12.3. The van der Waals surface area contributed by atoms with Gasteiger partial charge in [0.2, 0.25) is 5.91 Å². The van der Waals surface area contributed by atoms with Crippen molar-refractivity contribution < 1.29 is 14.7 Å². The summed E-state index contributed by atoms with van der Waals surface area (Å²) in [5.41, 5.74) is -0.0657. The molecule has 0 unspecified atom stereocenters. The molecule has 0 aromatic carbocycles. The Morgan fingerprint density at radius 1 is 1.36 bits per heavy atom. The number of piperidine rings is 1. The number of pyridine rings is 1. The summed E-state index contributed by atoms with van der Waals surface area (Å²) in [4.78, 5) is 30.1.